The average molecular weight is 573 g/mol. The molecule has 2 aromatic carbocycles. The largest absolute Gasteiger partial charge is 0.496 e. The Hall–Kier alpha value is -4.70. The molecule has 0 aliphatic carbocycles. The molecule has 0 bridgehead atoms. The summed E-state index contributed by atoms with van der Waals surface area (Å²) in [5, 5.41) is 0. The van der Waals surface area contributed by atoms with Crippen LogP contribution in [0.3, 0.4) is 0 Å². The third-order valence-corrected chi connectivity index (χ3v) is 7.75. The van der Waals surface area contributed by atoms with E-state index in [1.807, 2.05) is 31.2 Å². The van der Waals surface area contributed by atoms with E-state index in [4.69, 9.17) is 18.6 Å². The van der Waals surface area contributed by atoms with Gasteiger partial charge in [0.15, 0.2) is 4.80 Å². The van der Waals surface area contributed by atoms with E-state index in [1.165, 1.54) is 23.0 Å². The topological polar surface area (TPSA) is 109 Å². The zero-order chi connectivity index (χ0) is 29.3. The first-order valence-corrected chi connectivity index (χ1v) is 13.7. The summed E-state index contributed by atoms with van der Waals surface area (Å²) in [5.74, 6) is 0.640. The van der Waals surface area contributed by atoms with Crippen LogP contribution in [-0.2, 0) is 14.3 Å². The lowest BCUT2D eigenvalue weighted by molar-refractivity contribution is -0.139. The zero-order valence-electron chi connectivity index (χ0n) is 23.2. The van der Waals surface area contributed by atoms with Gasteiger partial charge in [0, 0.05) is 17.2 Å². The number of ether oxygens (including phenoxy) is 3. The smallest absolute Gasteiger partial charge is 0.338 e. The van der Waals surface area contributed by atoms with Crippen molar-refractivity contribution in [3.8, 4) is 17.1 Å². The molecule has 0 saturated heterocycles. The van der Waals surface area contributed by atoms with Gasteiger partial charge in [-0.25, -0.2) is 14.6 Å². The fourth-order valence-electron chi connectivity index (χ4n) is 4.87. The number of rotatable bonds is 7. The second-order valence-electron chi connectivity index (χ2n) is 9.27. The van der Waals surface area contributed by atoms with Crippen LogP contribution in [0.4, 0.5) is 0 Å². The number of thiazole rings is 1. The number of para-hydroxylation sites is 1. The average Bonchev–Trinajstić information content (AvgIpc) is 3.55. The molecule has 0 fully saturated rings. The predicted octanol–water partition coefficient (Wildman–Crippen LogP) is 4.16. The van der Waals surface area contributed by atoms with Gasteiger partial charge in [-0.3, -0.25) is 9.36 Å². The summed E-state index contributed by atoms with van der Waals surface area (Å²) >= 11 is 1.21. The Kier molecular flexibility index (Phi) is 7.76. The van der Waals surface area contributed by atoms with Crippen molar-refractivity contribution >= 4 is 29.4 Å². The van der Waals surface area contributed by atoms with Gasteiger partial charge in [0.05, 0.1) is 42.2 Å². The molecule has 4 aromatic rings. The van der Waals surface area contributed by atoms with Gasteiger partial charge in [0.25, 0.3) is 5.56 Å². The number of aryl methyl sites for hydroxylation is 1. The van der Waals surface area contributed by atoms with Crippen LogP contribution in [0, 0.1) is 6.92 Å². The Labute approximate surface area is 239 Å². The highest BCUT2D eigenvalue weighted by Gasteiger charge is 2.35. The Morgan fingerprint density at radius 3 is 2.56 bits per heavy atom. The highest BCUT2D eigenvalue weighted by molar-refractivity contribution is 7.07. The van der Waals surface area contributed by atoms with Crippen molar-refractivity contribution in [1.29, 1.82) is 0 Å². The molecule has 3 heterocycles. The normalized spacial score (nSPS) is 14.9. The van der Waals surface area contributed by atoms with Crippen molar-refractivity contribution in [2.45, 2.75) is 26.8 Å². The molecule has 9 nitrogen and oxygen atoms in total. The predicted molar refractivity (Wildman–Crippen MR) is 154 cm³/mol. The molecular formula is C31H28N2O7S. The van der Waals surface area contributed by atoms with Gasteiger partial charge >= 0.3 is 11.9 Å². The molecule has 41 heavy (non-hydrogen) atoms. The van der Waals surface area contributed by atoms with Crippen molar-refractivity contribution in [2.24, 2.45) is 4.99 Å². The standard InChI is InChI=1S/C31H28N2O7S/c1-6-39-30(36)26-18(3)32-31-33(27(26)22-9-7-8-10-23(22)37-4)28(34)25(41-31)16-20-12-14-24(40-20)21-13-11-19(15-17(21)2)29(35)38-5/h7-16,27H,6H2,1-5H3/b25-16+/t27-/m1/s1. The molecule has 0 N–H and O–H groups in total. The lowest BCUT2D eigenvalue weighted by Gasteiger charge is -2.25. The quantitative estimate of drug-likeness (QED) is 0.306. The molecule has 0 unspecified atom stereocenters. The molecule has 2 aromatic heterocycles. The van der Waals surface area contributed by atoms with Crippen molar-refractivity contribution in [2.75, 3.05) is 20.8 Å². The third kappa shape index (κ3) is 5.14. The lowest BCUT2D eigenvalue weighted by atomic mass is 9.95. The van der Waals surface area contributed by atoms with Crippen LogP contribution >= 0.6 is 11.3 Å². The molecule has 0 amide bonds. The van der Waals surface area contributed by atoms with Gasteiger partial charge in [-0.2, -0.15) is 0 Å². The van der Waals surface area contributed by atoms with E-state index in [-0.39, 0.29) is 17.7 Å². The van der Waals surface area contributed by atoms with E-state index in [9.17, 15) is 14.4 Å². The van der Waals surface area contributed by atoms with Gasteiger partial charge in [-0.05, 0) is 56.7 Å². The van der Waals surface area contributed by atoms with Gasteiger partial charge in [-0.1, -0.05) is 35.6 Å². The van der Waals surface area contributed by atoms with Crippen molar-refractivity contribution < 1.29 is 28.2 Å². The number of methoxy groups -OCH3 is 2. The van der Waals surface area contributed by atoms with Gasteiger partial charge in [0.2, 0.25) is 0 Å². The third-order valence-electron chi connectivity index (χ3n) is 6.76. The van der Waals surface area contributed by atoms with E-state index >= 15 is 0 Å². The van der Waals surface area contributed by atoms with Crippen molar-refractivity contribution in [3.63, 3.8) is 0 Å². The Morgan fingerprint density at radius 1 is 1.07 bits per heavy atom. The second kappa shape index (κ2) is 11.4. The number of aromatic nitrogens is 1. The number of allylic oxidation sites excluding steroid dienone is 1. The minimum absolute atomic E-state index is 0.185. The molecule has 0 spiro atoms. The summed E-state index contributed by atoms with van der Waals surface area (Å²) in [6, 6.07) is 15.3. The molecule has 0 radical (unpaired) electrons. The number of esters is 2. The SMILES string of the molecule is CCOC(=O)C1=C(C)N=c2s/c(=C/c3ccc(-c4ccc(C(=O)OC)cc4C)o3)c(=O)n2[C@@H]1c1ccccc1OC. The van der Waals surface area contributed by atoms with E-state index in [1.54, 1.807) is 57.4 Å². The van der Waals surface area contributed by atoms with Gasteiger partial charge in [-0.15, -0.1) is 0 Å². The van der Waals surface area contributed by atoms with E-state index < -0.39 is 18.0 Å². The molecule has 210 valence electrons. The molecular weight excluding hydrogens is 544 g/mol. The molecule has 10 heteroatoms. The Balaban J connectivity index is 1.61. The lowest BCUT2D eigenvalue weighted by Crippen LogP contribution is -2.40. The summed E-state index contributed by atoms with van der Waals surface area (Å²) in [4.78, 5) is 43.9. The Morgan fingerprint density at radius 2 is 1.85 bits per heavy atom. The maximum Gasteiger partial charge on any atom is 0.338 e. The summed E-state index contributed by atoms with van der Waals surface area (Å²) in [6.07, 6.45) is 1.66. The number of benzene rings is 2. The van der Waals surface area contributed by atoms with Crippen LogP contribution in [0.5, 0.6) is 5.75 Å². The van der Waals surface area contributed by atoms with E-state index in [0.29, 0.717) is 43.4 Å². The zero-order valence-corrected chi connectivity index (χ0v) is 24.0. The van der Waals surface area contributed by atoms with Crippen LogP contribution in [-0.4, -0.2) is 37.3 Å². The first-order chi connectivity index (χ1) is 19.8. The number of hydrogen-bond acceptors (Lipinski definition) is 9. The van der Waals surface area contributed by atoms with Crippen molar-refractivity contribution in [1.82, 2.24) is 4.57 Å². The van der Waals surface area contributed by atoms with E-state index in [2.05, 4.69) is 4.99 Å². The number of furan rings is 1. The minimum atomic E-state index is -0.785. The summed E-state index contributed by atoms with van der Waals surface area (Å²) in [7, 11) is 2.88. The Bertz CT molecular complexity index is 1880. The monoisotopic (exact) mass is 572 g/mol. The highest BCUT2D eigenvalue weighted by atomic mass is 32.1. The van der Waals surface area contributed by atoms with Crippen LogP contribution in [0.25, 0.3) is 17.4 Å². The summed E-state index contributed by atoms with van der Waals surface area (Å²) < 4.78 is 23.7. The van der Waals surface area contributed by atoms with Crippen LogP contribution < -0.4 is 19.6 Å². The van der Waals surface area contributed by atoms with Crippen molar-refractivity contribution in [3.05, 3.63) is 108 Å². The molecule has 5 rings (SSSR count). The summed E-state index contributed by atoms with van der Waals surface area (Å²) in [6.45, 7) is 5.53. The molecule has 1 aliphatic heterocycles. The fraction of sp³-hybridized carbons (Fsp3) is 0.226. The minimum Gasteiger partial charge on any atom is -0.496 e. The number of fused-ring (bicyclic) bond motifs is 1. The van der Waals surface area contributed by atoms with Crippen LogP contribution in [0.2, 0.25) is 0 Å². The summed E-state index contributed by atoms with van der Waals surface area (Å²) in [5.41, 5.74) is 3.17. The van der Waals surface area contributed by atoms with Gasteiger partial charge in [0.1, 0.15) is 23.3 Å². The highest BCUT2D eigenvalue weighted by Crippen LogP contribution is 2.35. The molecule has 1 aliphatic rings. The maximum atomic E-state index is 13.9. The number of carbonyl (C=O) groups is 2. The molecule has 0 saturated carbocycles. The number of nitrogens with zero attached hydrogens (tertiary/aromatic N) is 2. The van der Waals surface area contributed by atoms with Crippen LogP contribution in [0.15, 0.2) is 80.1 Å². The number of carbonyl (C=O) groups excluding carboxylic acids is 2. The first-order valence-electron chi connectivity index (χ1n) is 12.9. The van der Waals surface area contributed by atoms with Gasteiger partial charge < -0.3 is 18.6 Å². The fourth-order valence-corrected chi connectivity index (χ4v) is 5.89. The molecule has 1 atom stereocenters. The first kappa shape index (κ1) is 27.9. The van der Waals surface area contributed by atoms with Crippen LogP contribution in [0.1, 0.15) is 47.1 Å². The second-order valence-corrected chi connectivity index (χ2v) is 10.3. The maximum absolute atomic E-state index is 13.9. The van der Waals surface area contributed by atoms with E-state index in [0.717, 1.165) is 11.1 Å². The number of hydrogen-bond donors (Lipinski definition) is 0.